The molecule has 1 atom stereocenters. The molecule has 108 valence electrons. The minimum absolute atomic E-state index is 0.114. The van der Waals surface area contributed by atoms with Crippen molar-refractivity contribution >= 4 is 21.8 Å². The number of hydrogen-bond acceptors (Lipinski definition) is 5. The van der Waals surface area contributed by atoms with E-state index in [1.54, 1.807) is 12.1 Å². The molecule has 2 aliphatic rings. The molecule has 3 rings (SSSR count). The predicted octanol–water partition coefficient (Wildman–Crippen LogP) is 0.817. The first kappa shape index (κ1) is 13.7. The Morgan fingerprint density at radius 3 is 3.05 bits per heavy atom. The maximum absolute atomic E-state index is 12.2. The smallest absolute Gasteiger partial charge is 0.251 e. The summed E-state index contributed by atoms with van der Waals surface area (Å²) in [5, 5.41) is 2.92. The van der Waals surface area contributed by atoms with Crippen LogP contribution < -0.4 is 25.6 Å². The fraction of sp³-hybridized carbons (Fsp3) is 0.462. The van der Waals surface area contributed by atoms with E-state index < -0.39 is 0 Å². The number of hydrazine groups is 1. The van der Waals surface area contributed by atoms with Gasteiger partial charge in [-0.1, -0.05) is 0 Å². The Hall–Kier alpha value is -1.31. The second kappa shape index (κ2) is 5.99. The lowest BCUT2D eigenvalue weighted by atomic mass is 10.1. The SMILES string of the molecule is O=C(NCC1CCNN1)c1cc(Br)c2c(c1)OCCO2. The van der Waals surface area contributed by atoms with Crippen molar-refractivity contribution in [1.29, 1.82) is 0 Å². The van der Waals surface area contributed by atoms with Gasteiger partial charge in [-0.2, -0.15) is 0 Å². The van der Waals surface area contributed by atoms with Crippen molar-refractivity contribution in [3.63, 3.8) is 0 Å². The summed E-state index contributed by atoms with van der Waals surface area (Å²) in [4.78, 5) is 12.2. The normalized spacial score (nSPS) is 20.8. The summed E-state index contributed by atoms with van der Waals surface area (Å²) in [6.07, 6.45) is 1.01. The fourth-order valence-corrected chi connectivity index (χ4v) is 2.80. The number of carbonyl (C=O) groups excluding carboxylic acids is 1. The number of halogens is 1. The first-order chi connectivity index (χ1) is 9.74. The van der Waals surface area contributed by atoms with Crippen molar-refractivity contribution in [2.45, 2.75) is 12.5 Å². The van der Waals surface area contributed by atoms with E-state index in [2.05, 4.69) is 32.1 Å². The summed E-state index contributed by atoms with van der Waals surface area (Å²) >= 11 is 3.41. The first-order valence-electron chi connectivity index (χ1n) is 6.60. The van der Waals surface area contributed by atoms with Crippen molar-refractivity contribution < 1.29 is 14.3 Å². The van der Waals surface area contributed by atoms with Gasteiger partial charge in [-0.25, -0.2) is 0 Å². The molecule has 0 bridgehead atoms. The summed E-state index contributed by atoms with van der Waals surface area (Å²) in [6.45, 7) is 2.55. The molecule has 0 spiro atoms. The van der Waals surface area contributed by atoms with Gasteiger partial charge in [0.05, 0.1) is 4.47 Å². The van der Waals surface area contributed by atoms with Crippen molar-refractivity contribution in [2.24, 2.45) is 0 Å². The molecular weight excluding hydrogens is 326 g/mol. The van der Waals surface area contributed by atoms with Crippen LogP contribution in [0.1, 0.15) is 16.8 Å². The van der Waals surface area contributed by atoms with Crippen LogP contribution in [0.15, 0.2) is 16.6 Å². The van der Waals surface area contributed by atoms with Gasteiger partial charge in [0.1, 0.15) is 13.2 Å². The van der Waals surface area contributed by atoms with Crippen molar-refractivity contribution in [3.05, 3.63) is 22.2 Å². The molecule has 1 saturated heterocycles. The van der Waals surface area contributed by atoms with Crippen LogP contribution in [0, 0.1) is 0 Å². The van der Waals surface area contributed by atoms with Gasteiger partial charge in [-0.15, -0.1) is 0 Å². The molecule has 1 aromatic carbocycles. The maximum atomic E-state index is 12.2. The van der Waals surface area contributed by atoms with Gasteiger partial charge in [0.25, 0.3) is 5.91 Å². The number of fused-ring (bicyclic) bond motifs is 1. The zero-order chi connectivity index (χ0) is 13.9. The highest BCUT2D eigenvalue weighted by Crippen LogP contribution is 2.38. The third-order valence-electron chi connectivity index (χ3n) is 3.29. The molecular formula is C13H16BrN3O3. The van der Waals surface area contributed by atoms with E-state index in [1.165, 1.54) is 0 Å². The molecule has 1 amide bonds. The van der Waals surface area contributed by atoms with Crippen LogP contribution in [0.4, 0.5) is 0 Å². The van der Waals surface area contributed by atoms with Crippen LogP contribution in [-0.2, 0) is 0 Å². The molecule has 6 nitrogen and oxygen atoms in total. The van der Waals surface area contributed by atoms with Crippen LogP contribution in [0.3, 0.4) is 0 Å². The lowest BCUT2D eigenvalue weighted by Crippen LogP contribution is -2.40. The Morgan fingerprint density at radius 2 is 2.25 bits per heavy atom. The Kier molecular flexibility index (Phi) is 4.09. The highest BCUT2D eigenvalue weighted by Gasteiger charge is 2.20. The summed E-state index contributed by atoms with van der Waals surface area (Å²) in [6, 6.07) is 3.75. The third-order valence-corrected chi connectivity index (χ3v) is 3.88. The number of benzene rings is 1. The van der Waals surface area contributed by atoms with Crippen LogP contribution in [0.2, 0.25) is 0 Å². The molecule has 0 radical (unpaired) electrons. The molecule has 2 heterocycles. The number of ether oxygens (including phenoxy) is 2. The van der Waals surface area contributed by atoms with E-state index in [9.17, 15) is 4.79 Å². The molecule has 1 aromatic rings. The number of carbonyl (C=O) groups is 1. The molecule has 20 heavy (non-hydrogen) atoms. The zero-order valence-corrected chi connectivity index (χ0v) is 12.5. The van der Waals surface area contributed by atoms with Crippen LogP contribution in [0.25, 0.3) is 0 Å². The summed E-state index contributed by atoms with van der Waals surface area (Å²) in [5.41, 5.74) is 6.71. The lowest BCUT2D eigenvalue weighted by molar-refractivity contribution is 0.0948. The highest BCUT2D eigenvalue weighted by molar-refractivity contribution is 9.10. The second-order valence-electron chi connectivity index (χ2n) is 4.75. The molecule has 0 aromatic heterocycles. The van der Waals surface area contributed by atoms with Crippen molar-refractivity contribution in [1.82, 2.24) is 16.2 Å². The standard InChI is InChI=1S/C13H16BrN3O3/c14-10-5-8(6-11-12(10)20-4-3-19-11)13(18)15-7-9-1-2-16-17-9/h5-6,9,16-17H,1-4,7H2,(H,15,18). The summed E-state index contributed by atoms with van der Waals surface area (Å²) in [7, 11) is 0. The number of nitrogens with one attached hydrogen (secondary N) is 3. The van der Waals surface area contributed by atoms with Gasteiger partial charge < -0.3 is 14.8 Å². The molecule has 1 fully saturated rings. The zero-order valence-electron chi connectivity index (χ0n) is 10.9. The Labute approximate surface area is 125 Å². The summed E-state index contributed by atoms with van der Waals surface area (Å²) in [5.74, 6) is 1.15. The lowest BCUT2D eigenvalue weighted by Gasteiger charge is -2.20. The maximum Gasteiger partial charge on any atom is 0.251 e. The second-order valence-corrected chi connectivity index (χ2v) is 5.60. The number of rotatable bonds is 3. The average molecular weight is 342 g/mol. The monoisotopic (exact) mass is 341 g/mol. The van der Waals surface area contributed by atoms with Gasteiger partial charge in [-0.3, -0.25) is 15.6 Å². The van der Waals surface area contributed by atoms with E-state index in [4.69, 9.17) is 9.47 Å². The highest BCUT2D eigenvalue weighted by atomic mass is 79.9. The quantitative estimate of drug-likeness (QED) is 0.759. The Bertz CT molecular complexity index is 518. The average Bonchev–Trinajstić information content (AvgIpc) is 2.98. The minimum atomic E-state index is -0.114. The van der Waals surface area contributed by atoms with Crippen LogP contribution >= 0.6 is 15.9 Å². The van der Waals surface area contributed by atoms with Crippen molar-refractivity contribution in [2.75, 3.05) is 26.3 Å². The molecule has 0 saturated carbocycles. The number of amides is 1. The predicted molar refractivity (Wildman–Crippen MR) is 77.0 cm³/mol. The molecule has 0 aliphatic carbocycles. The largest absolute Gasteiger partial charge is 0.486 e. The van der Waals surface area contributed by atoms with Crippen molar-refractivity contribution in [3.8, 4) is 11.5 Å². The van der Waals surface area contributed by atoms with Gasteiger partial charge >= 0.3 is 0 Å². The fourth-order valence-electron chi connectivity index (χ4n) is 2.25. The van der Waals surface area contributed by atoms with E-state index in [1.807, 2.05) is 0 Å². The molecule has 1 unspecified atom stereocenters. The van der Waals surface area contributed by atoms with Gasteiger partial charge in [-0.05, 0) is 34.5 Å². The number of hydrogen-bond donors (Lipinski definition) is 3. The molecule has 2 aliphatic heterocycles. The van der Waals surface area contributed by atoms with Crippen LogP contribution in [0.5, 0.6) is 11.5 Å². The van der Waals surface area contributed by atoms with Gasteiger partial charge in [0, 0.05) is 24.7 Å². The Morgan fingerprint density at radius 1 is 1.40 bits per heavy atom. The minimum Gasteiger partial charge on any atom is -0.486 e. The Balaban J connectivity index is 1.69. The van der Waals surface area contributed by atoms with Gasteiger partial charge in [0.15, 0.2) is 11.5 Å². The third kappa shape index (κ3) is 2.89. The van der Waals surface area contributed by atoms with E-state index in [-0.39, 0.29) is 11.9 Å². The van der Waals surface area contributed by atoms with E-state index >= 15 is 0 Å². The molecule has 3 N–H and O–H groups in total. The summed E-state index contributed by atoms with van der Waals surface area (Å²) < 4.78 is 11.8. The van der Waals surface area contributed by atoms with E-state index in [0.717, 1.165) is 17.4 Å². The molecule has 7 heteroatoms. The van der Waals surface area contributed by atoms with Gasteiger partial charge in [0.2, 0.25) is 0 Å². The topological polar surface area (TPSA) is 71.6 Å². The van der Waals surface area contributed by atoms with E-state index in [0.29, 0.717) is 36.8 Å². The van der Waals surface area contributed by atoms with Crippen LogP contribution in [-0.4, -0.2) is 38.3 Å². The first-order valence-corrected chi connectivity index (χ1v) is 7.39.